The van der Waals surface area contributed by atoms with Gasteiger partial charge < -0.3 is 20.1 Å². The molecule has 9 heteroatoms. The number of hydrogen-bond donors (Lipinski definition) is 2. The molecule has 3 aromatic heterocycles. The molecule has 31 heavy (non-hydrogen) atoms. The number of anilines is 2. The first kappa shape index (κ1) is 19.2. The average Bonchev–Trinajstić information content (AvgIpc) is 3.29. The summed E-state index contributed by atoms with van der Waals surface area (Å²) in [6.45, 7) is 4.95. The second-order valence-electron chi connectivity index (χ2n) is 8.07. The van der Waals surface area contributed by atoms with Gasteiger partial charge in [0.05, 0.1) is 6.67 Å². The van der Waals surface area contributed by atoms with Gasteiger partial charge in [0.2, 0.25) is 0 Å². The van der Waals surface area contributed by atoms with Crippen LogP contribution in [0, 0.1) is 5.92 Å². The zero-order chi connectivity index (χ0) is 21.4. The third-order valence-electron chi connectivity index (χ3n) is 5.42. The Kier molecular flexibility index (Phi) is 4.85. The van der Waals surface area contributed by atoms with Crippen LogP contribution in [0.15, 0.2) is 54.8 Å². The average molecular weight is 416 g/mol. The van der Waals surface area contributed by atoms with E-state index in [1.807, 2.05) is 29.0 Å². The molecule has 0 spiro atoms. The van der Waals surface area contributed by atoms with Crippen LogP contribution in [0.4, 0.5) is 11.5 Å². The molecule has 5 rings (SSSR count). The Morgan fingerprint density at radius 1 is 1.26 bits per heavy atom. The Bertz CT molecular complexity index is 1150. The number of pyridine rings is 2. The first-order chi connectivity index (χ1) is 15.1. The topological polar surface area (TPSA) is 101 Å². The summed E-state index contributed by atoms with van der Waals surface area (Å²) in [7, 11) is 0. The lowest BCUT2D eigenvalue weighted by atomic mass is 10.1. The maximum atomic E-state index is 12.9. The van der Waals surface area contributed by atoms with Crippen LogP contribution in [0.5, 0.6) is 0 Å². The lowest BCUT2D eigenvalue weighted by Gasteiger charge is -2.24. The van der Waals surface area contributed by atoms with Crippen LogP contribution in [0.25, 0.3) is 11.5 Å². The minimum absolute atomic E-state index is 0.308. The first-order valence-electron chi connectivity index (χ1n) is 10.5. The van der Waals surface area contributed by atoms with Crippen molar-refractivity contribution in [1.82, 2.24) is 30.0 Å². The predicted octanol–water partition coefficient (Wildman–Crippen LogP) is 3.19. The molecule has 0 bridgehead atoms. The minimum Gasteiger partial charge on any atom is -0.372 e. The van der Waals surface area contributed by atoms with E-state index >= 15 is 0 Å². The molecular weight excluding hydrogens is 392 g/mol. The Balaban J connectivity index is 1.35. The molecule has 0 unspecified atom stereocenters. The number of amides is 1. The number of nitrogens with zero attached hydrogens (tertiary/aromatic N) is 6. The maximum absolute atomic E-state index is 12.9. The van der Waals surface area contributed by atoms with Gasteiger partial charge in [-0.3, -0.25) is 9.78 Å². The van der Waals surface area contributed by atoms with E-state index in [1.165, 1.54) is 5.70 Å². The third kappa shape index (κ3) is 3.86. The fraction of sp³-hybridized carbons (Fsp3) is 0.318. The lowest BCUT2D eigenvalue weighted by molar-refractivity contribution is 0.102. The van der Waals surface area contributed by atoms with Crippen LogP contribution in [0.2, 0.25) is 0 Å². The summed E-state index contributed by atoms with van der Waals surface area (Å²) >= 11 is 0. The number of carbonyl (C=O) groups is 1. The van der Waals surface area contributed by atoms with E-state index in [9.17, 15) is 4.79 Å². The van der Waals surface area contributed by atoms with Crippen molar-refractivity contribution >= 4 is 17.4 Å². The van der Waals surface area contributed by atoms with Gasteiger partial charge in [-0.15, -0.1) is 10.2 Å². The molecule has 1 saturated carbocycles. The van der Waals surface area contributed by atoms with Gasteiger partial charge >= 0.3 is 0 Å². The number of hydrogen-bond acceptors (Lipinski definition) is 7. The number of rotatable bonds is 6. The second-order valence-corrected chi connectivity index (χ2v) is 8.07. The Morgan fingerprint density at radius 2 is 2.13 bits per heavy atom. The Labute approximate surface area is 180 Å². The summed E-state index contributed by atoms with van der Waals surface area (Å²) in [5, 5.41) is 14.3. The molecule has 0 saturated heterocycles. The molecule has 0 atom stereocenters. The van der Waals surface area contributed by atoms with Gasteiger partial charge in [-0.05, 0) is 43.0 Å². The molecular formula is C22H24N8O. The maximum Gasteiger partial charge on any atom is 0.275 e. The van der Waals surface area contributed by atoms with E-state index in [4.69, 9.17) is 0 Å². The zero-order valence-electron chi connectivity index (χ0n) is 17.5. The van der Waals surface area contributed by atoms with Crippen LogP contribution in [0.3, 0.4) is 0 Å². The monoisotopic (exact) mass is 416 g/mol. The summed E-state index contributed by atoms with van der Waals surface area (Å²) in [4.78, 5) is 23.9. The highest BCUT2D eigenvalue weighted by Crippen LogP contribution is 2.37. The molecule has 0 radical (unpaired) electrons. The van der Waals surface area contributed by atoms with E-state index in [0.717, 1.165) is 18.5 Å². The van der Waals surface area contributed by atoms with E-state index in [-0.39, 0.29) is 5.91 Å². The number of allylic oxidation sites excluding steroid dienone is 1. The predicted molar refractivity (Wildman–Crippen MR) is 117 cm³/mol. The van der Waals surface area contributed by atoms with Gasteiger partial charge in [0.25, 0.3) is 5.91 Å². The highest BCUT2D eigenvalue weighted by atomic mass is 16.1. The van der Waals surface area contributed by atoms with Crippen LogP contribution in [0.1, 0.15) is 43.2 Å². The van der Waals surface area contributed by atoms with Crippen LogP contribution >= 0.6 is 0 Å². The molecule has 1 fully saturated rings. The molecule has 1 amide bonds. The normalized spacial score (nSPS) is 15.7. The van der Waals surface area contributed by atoms with Crippen molar-refractivity contribution in [3.8, 4) is 11.5 Å². The fourth-order valence-corrected chi connectivity index (χ4v) is 3.70. The van der Waals surface area contributed by atoms with E-state index in [0.29, 0.717) is 41.7 Å². The number of carbonyl (C=O) groups excluding carboxylic acids is 1. The summed E-state index contributed by atoms with van der Waals surface area (Å²) in [6, 6.07) is 9.63. The Morgan fingerprint density at radius 3 is 2.94 bits per heavy atom. The molecule has 0 aromatic carbocycles. The molecule has 158 valence electrons. The molecule has 2 aliphatic rings. The SMILES string of the molecule is CC(C)C1=CNCN1c1ccnc(C(=O)Nc2cccc(-c3nncn3C3CC3)n2)c1. The van der Waals surface area contributed by atoms with Crippen molar-refractivity contribution in [2.75, 3.05) is 16.9 Å². The summed E-state index contributed by atoms with van der Waals surface area (Å²) in [5.74, 6) is 1.22. The van der Waals surface area contributed by atoms with Gasteiger partial charge in [-0.2, -0.15) is 0 Å². The highest BCUT2D eigenvalue weighted by molar-refractivity contribution is 6.03. The quantitative estimate of drug-likeness (QED) is 0.636. The summed E-state index contributed by atoms with van der Waals surface area (Å²) < 4.78 is 2.04. The molecule has 9 nitrogen and oxygen atoms in total. The highest BCUT2D eigenvalue weighted by Gasteiger charge is 2.27. The van der Waals surface area contributed by atoms with Gasteiger partial charge in [0.1, 0.15) is 23.5 Å². The standard InChI is InChI=1S/C22H24N8O/c1-14(2)19-11-23-12-29(19)16-8-9-24-18(10-16)22(31)27-20-5-3-4-17(26-20)21-28-25-13-30(21)15-6-7-15/h3-5,8-11,13-15,23H,6-7,12H2,1-2H3,(H,26,27,31). The van der Waals surface area contributed by atoms with Gasteiger partial charge in [0.15, 0.2) is 5.82 Å². The Hall–Kier alpha value is -3.75. The zero-order valence-corrected chi connectivity index (χ0v) is 17.5. The second kappa shape index (κ2) is 7.82. The van der Waals surface area contributed by atoms with Crippen molar-refractivity contribution < 1.29 is 4.79 Å². The lowest BCUT2D eigenvalue weighted by Crippen LogP contribution is -2.25. The number of aromatic nitrogens is 5. The first-order valence-corrected chi connectivity index (χ1v) is 10.5. The largest absolute Gasteiger partial charge is 0.372 e. The van der Waals surface area contributed by atoms with Crippen molar-refractivity contribution in [3.63, 3.8) is 0 Å². The van der Waals surface area contributed by atoms with Crippen molar-refractivity contribution in [1.29, 1.82) is 0 Å². The molecule has 4 heterocycles. The summed E-state index contributed by atoms with van der Waals surface area (Å²) in [5.41, 5.74) is 3.11. The van der Waals surface area contributed by atoms with Gasteiger partial charge in [0, 0.05) is 29.8 Å². The van der Waals surface area contributed by atoms with Gasteiger partial charge in [-0.1, -0.05) is 19.9 Å². The van der Waals surface area contributed by atoms with Crippen LogP contribution in [-0.2, 0) is 0 Å². The van der Waals surface area contributed by atoms with E-state index < -0.39 is 0 Å². The minimum atomic E-state index is -0.308. The van der Waals surface area contributed by atoms with Crippen molar-refractivity contribution in [2.24, 2.45) is 5.92 Å². The third-order valence-corrected chi connectivity index (χ3v) is 5.42. The molecule has 3 aromatic rings. The smallest absolute Gasteiger partial charge is 0.275 e. The molecule has 2 N–H and O–H groups in total. The van der Waals surface area contributed by atoms with E-state index in [2.05, 4.69) is 49.5 Å². The number of nitrogens with one attached hydrogen (secondary N) is 2. The fourth-order valence-electron chi connectivity index (χ4n) is 3.70. The van der Waals surface area contributed by atoms with Gasteiger partial charge in [-0.25, -0.2) is 4.98 Å². The van der Waals surface area contributed by atoms with Crippen LogP contribution < -0.4 is 15.5 Å². The summed E-state index contributed by atoms with van der Waals surface area (Å²) in [6.07, 6.45) is 7.67. The van der Waals surface area contributed by atoms with E-state index in [1.54, 1.807) is 24.7 Å². The van der Waals surface area contributed by atoms with Crippen molar-refractivity contribution in [2.45, 2.75) is 32.7 Å². The molecule has 1 aliphatic heterocycles. The van der Waals surface area contributed by atoms with Crippen LogP contribution in [-0.4, -0.2) is 37.3 Å². The van der Waals surface area contributed by atoms with Crippen molar-refractivity contribution in [3.05, 3.63) is 60.4 Å². The molecule has 1 aliphatic carbocycles.